The van der Waals surface area contributed by atoms with Crippen molar-refractivity contribution >= 4 is 17.7 Å². The molecule has 0 amide bonds. The molecule has 0 saturated heterocycles. The minimum atomic E-state index is -0.373. The van der Waals surface area contributed by atoms with Gasteiger partial charge in [-0.25, -0.2) is 4.79 Å². The van der Waals surface area contributed by atoms with Gasteiger partial charge in [-0.3, -0.25) is 9.59 Å². The number of ketones is 1. The summed E-state index contributed by atoms with van der Waals surface area (Å²) in [5.74, 6) is 1.30. The largest absolute Gasteiger partial charge is 0.497 e. The van der Waals surface area contributed by atoms with Gasteiger partial charge in [0.05, 0.1) is 12.7 Å². The normalized spacial score (nSPS) is 11.1. The van der Waals surface area contributed by atoms with E-state index < -0.39 is 0 Å². The van der Waals surface area contributed by atoms with Crippen molar-refractivity contribution in [2.75, 3.05) is 7.11 Å². The maximum Gasteiger partial charge on any atom is 0.343 e. The monoisotopic (exact) mass is 642 g/mol. The second-order valence-corrected chi connectivity index (χ2v) is 12.5. The quantitative estimate of drug-likeness (QED) is 0.0906. The van der Waals surface area contributed by atoms with Gasteiger partial charge < -0.3 is 14.2 Å². The van der Waals surface area contributed by atoms with Gasteiger partial charge in [0, 0.05) is 23.3 Å². The second-order valence-electron chi connectivity index (χ2n) is 12.5. The summed E-state index contributed by atoms with van der Waals surface area (Å²) < 4.78 is 15.7. The lowest BCUT2D eigenvalue weighted by molar-refractivity contribution is -0.131. The van der Waals surface area contributed by atoms with Gasteiger partial charge >= 0.3 is 11.9 Å². The summed E-state index contributed by atoms with van der Waals surface area (Å²) in [5, 5.41) is 0. The van der Waals surface area contributed by atoms with E-state index in [1.165, 1.54) is 12.5 Å². The van der Waals surface area contributed by atoms with E-state index in [2.05, 4.69) is 39.8 Å². The maximum atomic E-state index is 12.2. The predicted molar refractivity (Wildman–Crippen MR) is 189 cm³/mol. The number of carbonyl (C=O) groups excluding carboxylic acids is 3. The molecule has 0 atom stereocenters. The fourth-order valence-corrected chi connectivity index (χ4v) is 5.25. The first-order chi connectivity index (χ1) is 22.8. The third kappa shape index (κ3) is 8.85. The molecular formula is C42H42O6. The number of benzene rings is 5. The lowest BCUT2D eigenvalue weighted by Crippen LogP contribution is -2.19. The van der Waals surface area contributed by atoms with Crippen molar-refractivity contribution in [2.45, 2.75) is 52.4 Å². The minimum absolute atomic E-state index is 0.0592. The molecule has 5 rings (SSSR count). The van der Waals surface area contributed by atoms with Gasteiger partial charge in [0.2, 0.25) is 0 Å². The van der Waals surface area contributed by atoms with Gasteiger partial charge in [-0.15, -0.1) is 0 Å². The van der Waals surface area contributed by atoms with Crippen LogP contribution in [-0.4, -0.2) is 24.8 Å². The fourth-order valence-electron chi connectivity index (χ4n) is 5.25. The number of carbonyl (C=O) groups is 3. The number of rotatable bonds is 9. The Hall–Kier alpha value is -5.49. The fraction of sp³-hybridized carbons (Fsp3) is 0.214. The molecule has 0 unspecified atom stereocenters. The summed E-state index contributed by atoms with van der Waals surface area (Å²) in [6.45, 7) is 11.5. The Labute approximate surface area is 283 Å². The predicted octanol–water partition coefficient (Wildman–Crippen LogP) is 9.38. The molecule has 5 aromatic rings. The Balaban J connectivity index is 0.000000224. The molecule has 0 heterocycles. The lowest BCUT2D eigenvalue weighted by Gasteiger charge is -2.26. The summed E-state index contributed by atoms with van der Waals surface area (Å²) in [4.78, 5) is 34.6. The molecule has 0 spiro atoms. The van der Waals surface area contributed by atoms with Gasteiger partial charge in [-0.1, -0.05) is 107 Å². The van der Waals surface area contributed by atoms with Crippen LogP contribution in [-0.2, 0) is 15.6 Å². The molecule has 0 bridgehead atoms. The van der Waals surface area contributed by atoms with Gasteiger partial charge in [0.25, 0.3) is 0 Å². The smallest absolute Gasteiger partial charge is 0.343 e. The Kier molecular flexibility index (Phi) is 11.3. The Morgan fingerprint density at radius 2 is 0.833 bits per heavy atom. The van der Waals surface area contributed by atoms with Crippen molar-refractivity contribution in [1.29, 1.82) is 0 Å². The van der Waals surface area contributed by atoms with Crippen LogP contribution >= 0.6 is 0 Å². The second kappa shape index (κ2) is 15.4. The topological polar surface area (TPSA) is 78.9 Å². The van der Waals surface area contributed by atoms with Crippen LogP contribution in [0.4, 0.5) is 0 Å². The molecule has 6 heteroatoms. The van der Waals surface area contributed by atoms with Gasteiger partial charge in [0.15, 0.2) is 5.78 Å². The van der Waals surface area contributed by atoms with Crippen molar-refractivity contribution in [1.82, 2.24) is 0 Å². The van der Waals surface area contributed by atoms with Crippen molar-refractivity contribution in [2.24, 2.45) is 0 Å². The lowest BCUT2D eigenvalue weighted by atomic mass is 9.78. The van der Waals surface area contributed by atoms with Crippen LogP contribution < -0.4 is 14.2 Å². The van der Waals surface area contributed by atoms with Crippen molar-refractivity contribution in [3.63, 3.8) is 0 Å². The standard InChI is InChI=1S/C24H22O3.C18H20O3/c1-17(25)18-9-11-20(12-10-18)24(2,3)21-13-15-22(16-14-21)27-23(26)19-7-5-4-6-8-19;1-13(19)21-17-11-7-15(8-12-17)18(2,3)14-5-9-16(20-4)10-6-14/h4-16H,1-3H3;5-12H,1-4H3. The number of ether oxygens (including phenoxy) is 3. The van der Waals surface area contributed by atoms with E-state index in [0.29, 0.717) is 22.6 Å². The van der Waals surface area contributed by atoms with E-state index in [1.807, 2.05) is 91.0 Å². The molecule has 6 nitrogen and oxygen atoms in total. The van der Waals surface area contributed by atoms with Crippen LogP contribution in [0, 0.1) is 0 Å². The van der Waals surface area contributed by atoms with Gasteiger partial charge in [-0.2, -0.15) is 0 Å². The van der Waals surface area contributed by atoms with Crippen molar-refractivity contribution in [3.05, 3.63) is 161 Å². The molecule has 0 saturated carbocycles. The van der Waals surface area contributed by atoms with E-state index in [-0.39, 0.29) is 28.6 Å². The average molecular weight is 643 g/mol. The molecule has 0 aromatic heterocycles. The minimum Gasteiger partial charge on any atom is -0.497 e. The first-order valence-corrected chi connectivity index (χ1v) is 15.7. The number of hydrogen-bond donors (Lipinski definition) is 0. The molecule has 246 valence electrons. The van der Waals surface area contributed by atoms with Gasteiger partial charge in [-0.05, 0) is 77.7 Å². The van der Waals surface area contributed by atoms with E-state index in [1.54, 1.807) is 38.3 Å². The highest BCUT2D eigenvalue weighted by molar-refractivity contribution is 5.94. The Morgan fingerprint density at radius 3 is 1.21 bits per heavy atom. The first kappa shape index (κ1) is 35.4. The number of methoxy groups -OCH3 is 1. The molecular weight excluding hydrogens is 600 g/mol. The molecule has 0 aliphatic heterocycles. The number of hydrogen-bond acceptors (Lipinski definition) is 6. The van der Waals surface area contributed by atoms with E-state index >= 15 is 0 Å². The molecule has 0 fully saturated rings. The molecule has 0 radical (unpaired) electrons. The molecule has 48 heavy (non-hydrogen) atoms. The third-order valence-electron chi connectivity index (χ3n) is 8.46. The number of Topliss-reactive ketones (excluding diaryl/α,β-unsaturated/α-hetero) is 1. The third-order valence-corrected chi connectivity index (χ3v) is 8.46. The zero-order valence-electron chi connectivity index (χ0n) is 28.6. The van der Waals surface area contributed by atoms with E-state index in [4.69, 9.17) is 14.2 Å². The molecule has 0 aliphatic carbocycles. The SMILES string of the molecule is CC(=O)c1ccc(C(C)(C)c2ccc(OC(=O)c3ccccc3)cc2)cc1.COc1ccc(C(C)(C)c2ccc(OC(C)=O)cc2)cc1. The summed E-state index contributed by atoms with van der Waals surface area (Å²) in [5.41, 5.74) is 5.41. The Morgan fingerprint density at radius 1 is 0.458 bits per heavy atom. The average Bonchev–Trinajstić information content (AvgIpc) is 3.09. The Bertz CT molecular complexity index is 1820. The van der Waals surface area contributed by atoms with Crippen LogP contribution in [0.5, 0.6) is 17.2 Å². The highest BCUT2D eigenvalue weighted by atomic mass is 16.5. The van der Waals surface area contributed by atoms with Crippen LogP contribution in [0.1, 0.15) is 84.5 Å². The summed E-state index contributed by atoms with van der Waals surface area (Å²) >= 11 is 0. The van der Waals surface area contributed by atoms with Crippen LogP contribution in [0.2, 0.25) is 0 Å². The molecule has 0 N–H and O–H groups in total. The zero-order chi connectivity index (χ0) is 34.9. The molecule has 5 aromatic carbocycles. The summed E-state index contributed by atoms with van der Waals surface area (Å²) in [7, 11) is 1.66. The van der Waals surface area contributed by atoms with Crippen LogP contribution in [0.3, 0.4) is 0 Å². The number of esters is 2. The summed E-state index contributed by atoms with van der Waals surface area (Å²) in [6, 6.07) is 39.8. The maximum absolute atomic E-state index is 12.2. The van der Waals surface area contributed by atoms with Crippen molar-refractivity contribution in [3.8, 4) is 17.2 Å². The molecule has 0 aliphatic rings. The van der Waals surface area contributed by atoms with Crippen LogP contribution in [0.15, 0.2) is 127 Å². The highest BCUT2D eigenvalue weighted by Crippen LogP contribution is 2.34. The first-order valence-electron chi connectivity index (χ1n) is 15.7. The van der Waals surface area contributed by atoms with Gasteiger partial charge in [0.1, 0.15) is 17.2 Å². The van der Waals surface area contributed by atoms with E-state index in [9.17, 15) is 14.4 Å². The zero-order valence-corrected chi connectivity index (χ0v) is 28.6. The summed E-state index contributed by atoms with van der Waals surface area (Å²) in [6.07, 6.45) is 0. The van der Waals surface area contributed by atoms with Crippen molar-refractivity contribution < 1.29 is 28.6 Å². The highest BCUT2D eigenvalue weighted by Gasteiger charge is 2.24. The van der Waals surface area contributed by atoms with Crippen LogP contribution in [0.25, 0.3) is 0 Å². The van der Waals surface area contributed by atoms with E-state index in [0.717, 1.165) is 22.4 Å².